The number of aromatic hydroxyl groups is 1. The van der Waals surface area contributed by atoms with E-state index in [1.165, 1.54) is 12.0 Å². The zero-order valence-electron chi connectivity index (χ0n) is 9.78. The maximum Gasteiger partial charge on any atom is 0.130 e. The van der Waals surface area contributed by atoms with Crippen LogP contribution in [0.3, 0.4) is 0 Å². The Bertz CT molecular complexity index is 503. The number of rotatable bonds is 3. The first-order valence-electron chi connectivity index (χ1n) is 5.78. The first-order chi connectivity index (χ1) is 8.20. The lowest BCUT2D eigenvalue weighted by atomic mass is 10.0. The molecule has 0 bridgehead atoms. The number of phenolic OH excluding ortho intramolecular Hbond substituents is 1. The van der Waals surface area contributed by atoms with Gasteiger partial charge in [-0.3, -0.25) is 0 Å². The zero-order chi connectivity index (χ0) is 12.3. The van der Waals surface area contributed by atoms with E-state index in [1.807, 2.05) is 12.1 Å². The molecule has 0 unspecified atom stereocenters. The monoisotopic (exact) mass is 290 g/mol. The van der Waals surface area contributed by atoms with Gasteiger partial charge in [0.05, 0.1) is 4.47 Å². The van der Waals surface area contributed by atoms with Crippen LogP contribution in [0.5, 0.6) is 5.75 Å². The van der Waals surface area contributed by atoms with Gasteiger partial charge in [0.25, 0.3) is 0 Å². The Morgan fingerprint density at radius 1 is 1.00 bits per heavy atom. The van der Waals surface area contributed by atoms with Crippen LogP contribution >= 0.6 is 15.9 Å². The third-order valence-electron chi connectivity index (χ3n) is 2.77. The topological polar surface area (TPSA) is 20.2 Å². The van der Waals surface area contributed by atoms with Crippen molar-refractivity contribution >= 4 is 15.9 Å². The number of halogens is 1. The van der Waals surface area contributed by atoms with Crippen LogP contribution in [-0.2, 0) is 6.42 Å². The molecule has 0 aromatic heterocycles. The lowest BCUT2D eigenvalue weighted by Gasteiger charge is -2.05. The molecule has 0 radical (unpaired) electrons. The van der Waals surface area contributed by atoms with Crippen molar-refractivity contribution in [3.8, 4) is 16.9 Å². The Kier molecular flexibility index (Phi) is 3.85. The van der Waals surface area contributed by atoms with Gasteiger partial charge in [0.15, 0.2) is 0 Å². The minimum atomic E-state index is 0.278. The number of phenols is 1. The molecule has 0 amide bonds. The first kappa shape index (κ1) is 12.2. The van der Waals surface area contributed by atoms with Crippen molar-refractivity contribution in [2.75, 3.05) is 0 Å². The van der Waals surface area contributed by atoms with Gasteiger partial charge in [-0.2, -0.15) is 0 Å². The van der Waals surface area contributed by atoms with E-state index in [-0.39, 0.29) is 5.75 Å². The lowest BCUT2D eigenvalue weighted by Crippen LogP contribution is -1.83. The molecule has 88 valence electrons. The lowest BCUT2D eigenvalue weighted by molar-refractivity contribution is 0.472. The third-order valence-corrected chi connectivity index (χ3v) is 3.44. The molecule has 0 aliphatic heterocycles. The van der Waals surface area contributed by atoms with Crippen molar-refractivity contribution in [3.63, 3.8) is 0 Å². The van der Waals surface area contributed by atoms with E-state index in [9.17, 15) is 5.11 Å². The molecule has 0 spiro atoms. The highest BCUT2D eigenvalue weighted by atomic mass is 79.9. The van der Waals surface area contributed by atoms with Gasteiger partial charge in [-0.1, -0.05) is 43.7 Å². The second-order valence-corrected chi connectivity index (χ2v) is 4.97. The van der Waals surface area contributed by atoms with Crippen molar-refractivity contribution in [1.82, 2.24) is 0 Å². The maximum atomic E-state index is 9.65. The maximum absolute atomic E-state index is 9.65. The zero-order valence-corrected chi connectivity index (χ0v) is 11.4. The van der Waals surface area contributed by atoms with Crippen LogP contribution in [0.4, 0.5) is 0 Å². The Hall–Kier alpha value is -1.28. The minimum absolute atomic E-state index is 0.278. The number of benzene rings is 2. The van der Waals surface area contributed by atoms with Crippen LogP contribution in [0.1, 0.15) is 18.9 Å². The SMILES string of the molecule is CCCc1ccc(-c2ccc(Br)c(O)c2)cc1. The molecule has 0 fully saturated rings. The molecule has 2 aromatic rings. The summed E-state index contributed by atoms with van der Waals surface area (Å²) in [5, 5.41) is 9.65. The van der Waals surface area contributed by atoms with Crippen LogP contribution in [0, 0.1) is 0 Å². The fraction of sp³-hybridized carbons (Fsp3) is 0.200. The molecule has 0 atom stereocenters. The van der Waals surface area contributed by atoms with Gasteiger partial charge < -0.3 is 5.11 Å². The molecule has 1 nitrogen and oxygen atoms in total. The smallest absolute Gasteiger partial charge is 0.130 e. The van der Waals surface area contributed by atoms with E-state index < -0.39 is 0 Å². The van der Waals surface area contributed by atoms with Crippen molar-refractivity contribution in [2.24, 2.45) is 0 Å². The summed E-state index contributed by atoms with van der Waals surface area (Å²) >= 11 is 3.28. The Labute approximate surface area is 110 Å². The molecule has 2 rings (SSSR count). The minimum Gasteiger partial charge on any atom is -0.507 e. The average molecular weight is 291 g/mol. The van der Waals surface area contributed by atoms with Crippen LogP contribution in [0.2, 0.25) is 0 Å². The molecular weight excluding hydrogens is 276 g/mol. The van der Waals surface area contributed by atoms with E-state index in [0.29, 0.717) is 0 Å². The molecule has 0 aliphatic carbocycles. The Morgan fingerprint density at radius 3 is 2.24 bits per heavy atom. The molecule has 0 heterocycles. The van der Waals surface area contributed by atoms with Crippen molar-refractivity contribution in [2.45, 2.75) is 19.8 Å². The van der Waals surface area contributed by atoms with Gasteiger partial charge in [0, 0.05) is 0 Å². The van der Waals surface area contributed by atoms with Gasteiger partial charge in [-0.25, -0.2) is 0 Å². The van der Waals surface area contributed by atoms with Gasteiger partial charge in [-0.05, 0) is 51.2 Å². The van der Waals surface area contributed by atoms with Crippen LogP contribution in [-0.4, -0.2) is 5.11 Å². The second-order valence-electron chi connectivity index (χ2n) is 4.11. The highest BCUT2D eigenvalue weighted by molar-refractivity contribution is 9.10. The van der Waals surface area contributed by atoms with E-state index in [1.54, 1.807) is 6.07 Å². The number of hydrogen-bond acceptors (Lipinski definition) is 1. The normalized spacial score (nSPS) is 10.5. The van der Waals surface area contributed by atoms with E-state index in [2.05, 4.69) is 47.1 Å². The standard InChI is InChI=1S/C15H15BrO/c1-2-3-11-4-6-12(7-5-11)13-8-9-14(16)15(17)10-13/h4-10,17H,2-3H2,1H3. The quantitative estimate of drug-likeness (QED) is 0.863. The van der Waals surface area contributed by atoms with Gasteiger partial charge >= 0.3 is 0 Å². The molecule has 17 heavy (non-hydrogen) atoms. The van der Waals surface area contributed by atoms with E-state index >= 15 is 0 Å². The van der Waals surface area contributed by atoms with Crippen molar-refractivity contribution < 1.29 is 5.11 Å². The fourth-order valence-corrected chi connectivity index (χ4v) is 2.09. The number of aryl methyl sites for hydroxylation is 1. The summed E-state index contributed by atoms with van der Waals surface area (Å²) in [6.07, 6.45) is 2.28. The van der Waals surface area contributed by atoms with Gasteiger partial charge in [0.1, 0.15) is 5.75 Å². The molecule has 0 aliphatic rings. The molecular formula is C15H15BrO. The highest BCUT2D eigenvalue weighted by Crippen LogP contribution is 2.29. The summed E-state index contributed by atoms with van der Waals surface area (Å²) in [7, 11) is 0. The van der Waals surface area contributed by atoms with E-state index in [0.717, 1.165) is 22.0 Å². The Balaban J connectivity index is 2.30. The summed E-state index contributed by atoms with van der Waals surface area (Å²) < 4.78 is 0.726. The van der Waals surface area contributed by atoms with Crippen LogP contribution in [0.15, 0.2) is 46.9 Å². The molecule has 1 N–H and O–H groups in total. The Morgan fingerprint density at radius 2 is 1.65 bits per heavy atom. The second kappa shape index (κ2) is 5.37. The number of hydrogen-bond donors (Lipinski definition) is 1. The van der Waals surface area contributed by atoms with Gasteiger partial charge in [-0.15, -0.1) is 0 Å². The largest absolute Gasteiger partial charge is 0.507 e. The summed E-state index contributed by atoms with van der Waals surface area (Å²) in [6, 6.07) is 14.2. The third kappa shape index (κ3) is 2.89. The van der Waals surface area contributed by atoms with Gasteiger partial charge in [0.2, 0.25) is 0 Å². The van der Waals surface area contributed by atoms with Crippen LogP contribution in [0.25, 0.3) is 11.1 Å². The highest BCUT2D eigenvalue weighted by Gasteiger charge is 2.02. The summed E-state index contributed by atoms with van der Waals surface area (Å²) in [5.74, 6) is 0.278. The predicted molar refractivity (Wildman–Crippen MR) is 75.2 cm³/mol. The first-order valence-corrected chi connectivity index (χ1v) is 6.58. The summed E-state index contributed by atoms with van der Waals surface area (Å²) in [5.41, 5.74) is 3.53. The summed E-state index contributed by atoms with van der Waals surface area (Å²) in [4.78, 5) is 0. The molecule has 0 saturated carbocycles. The van der Waals surface area contributed by atoms with E-state index in [4.69, 9.17) is 0 Å². The molecule has 2 heteroatoms. The van der Waals surface area contributed by atoms with Crippen molar-refractivity contribution in [1.29, 1.82) is 0 Å². The molecule has 2 aromatic carbocycles. The van der Waals surface area contributed by atoms with Crippen LogP contribution < -0.4 is 0 Å². The summed E-state index contributed by atoms with van der Waals surface area (Å²) in [6.45, 7) is 2.18. The molecule has 0 saturated heterocycles. The van der Waals surface area contributed by atoms with Crippen molar-refractivity contribution in [3.05, 3.63) is 52.5 Å². The fourth-order valence-electron chi connectivity index (χ4n) is 1.84. The average Bonchev–Trinajstić information content (AvgIpc) is 2.34. The predicted octanol–water partition coefficient (Wildman–Crippen LogP) is 4.77.